The normalized spacial score (nSPS) is 15.7. The van der Waals surface area contributed by atoms with Crippen molar-refractivity contribution < 1.29 is 75.4 Å². The van der Waals surface area contributed by atoms with Crippen molar-refractivity contribution in [2.24, 2.45) is 0 Å². The molecule has 109 heavy (non-hydrogen) atoms. The monoisotopic (exact) mass is 1460 g/mol. The van der Waals surface area contributed by atoms with Crippen molar-refractivity contribution in [2.75, 3.05) is 46.4 Å². The van der Waals surface area contributed by atoms with E-state index < -0.39 is 47.6 Å². The van der Waals surface area contributed by atoms with Gasteiger partial charge in [-0.1, -0.05) is 160 Å². The quantitative estimate of drug-likeness (QED) is 0.0299. The van der Waals surface area contributed by atoms with Gasteiger partial charge in [0.15, 0.2) is 12.2 Å². The number of unbranched alkanes of at least 4 members (excludes halogenated alkanes) is 2. The summed E-state index contributed by atoms with van der Waals surface area (Å²) >= 11 is 0. The summed E-state index contributed by atoms with van der Waals surface area (Å²) in [4.78, 5) is 74.5. The molecule has 0 bridgehead atoms. The minimum absolute atomic E-state index is 0.109. The Labute approximate surface area is 628 Å². The maximum absolute atomic E-state index is 13.1. The molecule has 0 saturated carbocycles. The number of hydrogen-bond donors (Lipinski definition) is 0. The van der Waals surface area contributed by atoms with Crippen LogP contribution in [0.1, 0.15) is 75.6 Å². The van der Waals surface area contributed by atoms with Gasteiger partial charge in [0.25, 0.3) is 0 Å². The Morgan fingerprint density at radius 2 is 0.771 bits per heavy atom. The molecule has 0 aliphatic carbocycles. The Balaban J connectivity index is 0.000000145. The van der Waals surface area contributed by atoms with Gasteiger partial charge in [-0.05, 0) is 189 Å². The van der Waals surface area contributed by atoms with Crippen LogP contribution in [0.4, 0.5) is 0 Å². The van der Waals surface area contributed by atoms with Crippen molar-refractivity contribution in [2.45, 2.75) is 77.8 Å². The van der Waals surface area contributed by atoms with Crippen LogP contribution < -0.4 is 30.2 Å². The number of carbonyl (C=O) groups is 4. The van der Waals surface area contributed by atoms with Crippen molar-refractivity contribution in [3.63, 3.8) is 0 Å². The van der Waals surface area contributed by atoms with Gasteiger partial charge in [-0.2, -0.15) is 0 Å². The Morgan fingerprint density at radius 1 is 0.394 bits per heavy atom. The number of hydrogen-bond acceptors (Lipinski definition) is 18. The van der Waals surface area contributed by atoms with Crippen LogP contribution >= 0.6 is 0 Å². The summed E-state index contributed by atoms with van der Waals surface area (Å²) in [6.45, 7) is 10.3. The molecule has 18 nitrogen and oxygen atoms in total. The van der Waals surface area contributed by atoms with Gasteiger partial charge in [-0.15, -0.1) is 0 Å². The van der Waals surface area contributed by atoms with Crippen LogP contribution in [0.3, 0.4) is 0 Å². The molecule has 3 aliphatic rings. The molecule has 4 heterocycles. The van der Waals surface area contributed by atoms with Gasteiger partial charge in [0.2, 0.25) is 6.79 Å². The van der Waals surface area contributed by atoms with E-state index in [4.69, 9.17) is 56.2 Å². The fourth-order valence-electron chi connectivity index (χ4n) is 13.2. The van der Waals surface area contributed by atoms with Crippen molar-refractivity contribution in [3.8, 4) is 34.1 Å². The largest absolute Gasteiger partial charge is 0.494 e. The number of ether oxygens (including phenoxy) is 10. The van der Waals surface area contributed by atoms with Crippen LogP contribution in [0, 0.1) is 0 Å². The first-order valence-corrected chi connectivity index (χ1v) is 36.5. The van der Waals surface area contributed by atoms with E-state index in [1.165, 1.54) is 24.3 Å². The third kappa shape index (κ3) is 18.1. The maximum atomic E-state index is 13.1. The summed E-state index contributed by atoms with van der Waals surface area (Å²) < 4.78 is 67.8. The van der Waals surface area contributed by atoms with Gasteiger partial charge >= 0.3 is 35.1 Å². The fraction of sp³-hybridized carbons (Fsp3) is 0.209. The summed E-state index contributed by atoms with van der Waals surface area (Å²) in [6.07, 6.45) is 14.5. The average molecular weight is 1460 g/mol. The molecule has 12 aromatic rings. The zero-order valence-electron chi connectivity index (χ0n) is 60.7. The molecule has 15 rings (SSSR count). The maximum Gasteiger partial charge on any atom is 0.344 e. The summed E-state index contributed by atoms with van der Waals surface area (Å²) in [7, 11) is 0. The molecule has 0 spiro atoms. The second-order valence-electron chi connectivity index (χ2n) is 25.8. The van der Waals surface area contributed by atoms with Crippen molar-refractivity contribution in [3.05, 3.63) is 274 Å². The number of benzene rings is 11. The molecule has 0 unspecified atom stereocenters. The third-order valence-electron chi connectivity index (χ3n) is 18.5. The Bertz CT molecular complexity index is 5320. The predicted octanol–water partition coefficient (Wildman–Crippen LogP) is 18.4. The first-order valence-electron chi connectivity index (χ1n) is 36.5. The molecule has 18 heteroatoms. The molecule has 1 aromatic heterocycles. The minimum Gasteiger partial charge on any atom is -0.494 e. The van der Waals surface area contributed by atoms with E-state index in [0.29, 0.717) is 37.6 Å². The summed E-state index contributed by atoms with van der Waals surface area (Å²) in [5, 5.41) is 9.59. The van der Waals surface area contributed by atoms with Crippen LogP contribution in [-0.2, 0) is 47.6 Å². The van der Waals surface area contributed by atoms with Gasteiger partial charge in [-0.3, -0.25) is 0 Å². The lowest BCUT2D eigenvalue weighted by atomic mass is 9.91. The average Bonchev–Trinajstić information content (AvgIpc) is 1.39. The van der Waals surface area contributed by atoms with Crippen LogP contribution in [0.5, 0.6) is 23.0 Å². The van der Waals surface area contributed by atoms with Gasteiger partial charge in [0, 0.05) is 46.2 Å². The van der Waals surface area contributed by atoms with E-state index in [1.54, 1.807) is 74.5 Å². The highest BCUT2D eigenvalue weighted by molar-refractivity contribution is 6.24. The van der Waals surface area contributed by atoms with Crippen LogP contribution in [0.25, 0.3) is 111 Å². The Kier molecular flexibility index (Phi) is 24.4. The number of esters is 4. The van der Waals surface area contributed by atoms with Crippen LogP contribution in [-0.4, -0.2) is 94.7 Å². The molecule has 11 aromatic carbocycles. The first kappa shape index (κ1) is 74.6. The van der Waals surface area contributed by atoms with E-state index in [0.717, 1.165) is 136 Å². The lowest BCUT2D eigenvalue weighted by Crippen LogP contribution is -2.35. The van der Waals surface area contributed by atoms with Gasteiger partial charge in [0.1, 0.15) is 46.4 Å². The van der Waals surface area contributed by atoms with Gasteiger partial charge < -0.3 is 56.2 Å². The van der Waals surface area contributed by atoms with Crippen LogP contribution in [0.15, 0.2) is 249 Å². The second kappa shape index (κ2) is 35.6. The molecule has 0 amide bonds. The van der Waals surface area contributed by atoms with Crippen LogP contribution in [0.2, 0.25) is 0 Å². The molecule has 3 aliphatic heterocycles. The highest BCUT2D eigenvalue weighted by atomic mass is 16.7. The molecule has 2 fully saturated rings. The molecular formula is C91H80O18. The lowest BCUT2D eigenvalue weighted by molar-refractivity contribution is -0.149. The van der Waals surface area contributed by atoms with Crippen molar-refractivity contribution in [1.29, 1.82) is 0 Å². The Hall–Kier alpha value is -12.6. The second-order valence-corrected chi connectivity index (χ2v) is 25.8. The molecule has 552 valence electrons. The standard InChI is InChI=1S/C32H38O8.C31H26O6.C28H16O4/c1-3-5-19-35-25-13-7-23(8-14-25)11-17-29(33)39-27-21-37-32-28(22-38-31(27)32)40-30(34)18-12-24-9-15-26(16-10-24)36-20-6-4-2;1-3-34-28(32)15-7-20-5-11-24-22(17-20)9-13-26-30(24)31-25-12-6-21(8-16-29(33)35-4-2)18-23(25)10-14-27(31)37-19-36-26;29-27-21-11-5-6-12-22(21)28(30)32-24-16-14-18-8-2-4-10-20(18)26(24)25-19-9-3-1-7-17(19)13-15-23(25)31-27/h7-18,27-28,31-32H,3-6,19-22H2,1-2H3;5-18H,3-4,19H2,1-2H3;1-16H/b17-11+,18-12+;15-7+,16-8+;/t27-,28-,31-,32-;;/m1../s1. The number of rotatable bonds is 20. The molecular weight excluding hydrogens is 1380 g/mol. The van der Waals surface area contributed by atoms with Crippen molar-refractivity contribution >= 4 is 124 Å². The van der Waals surface area contributed by atoms with E-state index in [1.807, 2.05) is 170 Å². The molecule has 2 saturated heterocycles. The highest BCUT2D eigenvalue weighted by Crippen LogP contribution is 2.47. The summed E-state index contributed by atoms with van der Waals surface area (Å²) in [6, 6.07) is 64.7. The van der Waals surface area contributed by atoms with Gasteiger partial charge in [0.05, 0.1) is 50.4 Å². The number of fused-ring (bicyclic) bond motifs is 16. The van der Waals surface area contributed by atoms with E-state index >= 15 is 0 Å². The van der Waals surface area contributed by atoms with E-state index in [9.17, 15) is 28.8 Å². The van der Waals surface area contributed by atoms with Gasteiger partial charge in [-0.25, -0.2) is 28.8 Å². The molecule has 4 atom stereocenters. The van der Waals surface area contributed by atoms with E-state index in [2.05, 4.69) is 13.8 Å². The molecule has 0 N–H and O–H groups in total. The minimum atomic E-state index is -0.599. The van der Waals surface area contributed by atoms with Crippen molar-refractivity contribution in [1.82, 2.24) is 0 Å². The summed E-state index contributed by atoms with van der Waals surface area (Å²) in [5.41, 5.74) is 5.03. The zero-order chi connectivity index (χ0) is 75.6. The lowest BCUT2D eigenvalue weighted by Gasteiger charge is -2.16. The zero-order valence-corrected chi connectivity index (χ0v) is 60.7. The SMILES string of the molecule is CCCCOc1ccc(/C=C/C(=O)O[C@@H]2CO[C@H]3[C@@H]2OC[C@H]3OC(=O)/C=C/c2ccc(OCCCC)cc2)cc1.CCOC(=O)/C=C/c1ccc2c3c(ccc2c1)OCOc1ccc2cc(/C=C/C(=O)OCC)ccc2c1-3.O=c1oc2ccc3ccccc3c2c2c(ccc3ccccc32)oc(=O)c2ccccc12. The number of carbonyl (C=O) groups excluding carboxylic acids is 4. The topological polar surface area (TPSA) is 221 Å². The first-order chi connectivity index (χ1) is 53.3. The predicted molar refractivity (Wildman–Crippen MR) is 424 cm³/mol. The van der Waals surface area contributed by atoms with E-state index in [-0.39, 0.29) is 42.7 Å². The third-order valence-corrected chi connectivity index (χ3v) is 18.5. The highest BCUT2D eigenvalue weighted by Gasteiger charge is 2.51. The summed E-state index contributed by atoms with van der Waals surface area (Å²) in [5.74, 6) is 1.35. The Morgan fingerprint density at radius 3 is 1.18 bits per heavy atom. The smallest absolute Gasteiger partial charge is 0.344 e. The fourth-order valence-corrected chi connectivity index (χ4v) is 13.2. The molecule has 0 radical (unpaired) electrons.